The minimum atomic E-state index is 0.779. The van der Waals surface area contributed by atoms with Crippen LogP contribution in [0.15, 0.2) is 46.9 Å². The van der Waals surface area contributed by atoms with Gasteiger partial charge in [0.2, 0.25) is 0 Å². The van der Waals surface area contributed by atoms with Crippen LogP contribution in [0.25, 0.3) is 0 Å². The SMILES string of the molecule is Cc1cccc(NCc2ccc(Br)cc2)c1N. The van der Waals surface area contributed by atoms with Crippen LogP contribution < -0.4 is 11.1 Å². The fourth-order valence-corrected chi connectivity index (χ4v) is 1.90. The Bertz CT molecular complexity index is 506. The average molecular weight is 291 g/mol. The third-order valence-electron chi connectivity index (χ3n) is 2.72. The topological polar surface area (TPSA) is 38.0 Å². The highest BCUT2D eigenvalue weighted by atomic mass is 79.9. The Labute approximate surface area is 110 Å². The lowest BCUT2D eigenvalue weighted by molar-refractivity contribution is 1.15. The van der Waals surface area contributed by atoms with Crippen LogP contribution in [0.4, 0.5) is 11.4 Å². The quantitative estimate of drug-likeness (QED) is 0.840. The maximum Gasteiger partial charge on any atom is 0.0579 e. The predicted molar refractivity (Wildman–Crippen MR) is 77.1 cm³/mol. The van der Waals surface area contributed by atoms with Crippen molar-refractivity contribution in [3.8, 4) is 0 Å². The van der Waals surface area contributed by atoms with Gasteiger partial charge in [-0.1, -0.05) is 40.2 Å². The van der Waals surface area contributed by atoms with Gasteiger partial charge in [-0.25, -0.2) is 0 Å². The Kier molecular flexibility index (Phi) is 3.69. The number of nitrogens with two attached hydrogens (primary N) is 1. The van der Waals surface area contributed by atoms with Crippen LogP contribution in [-0.2, 0) is 6.54 Å². The lowest BCUT2D eigenvalue weighted by Crippen LogP contribution is -2.03. The van der Waals surface area contributed by atoms with E-state index >= 15 is 0 Å². The van der Waals surface area contributed by atoms with Gasteiger partial charge in [0.05, 0.1) is 11.4 Å². The van der Waals surface area contributed by atoms with Crippen molar-refractivity contribution in [2.45, 2.75) is 13.5 Å². The van der Waals surface area contributed by atoms with Crippen LogP contribution in [0.5, 0.6) is 0 Å². The van der Waals surface area contributed by atoms with E-state index in [0.29, 0.717) is 0 Å². The summed E-state index contributed by atoms with van der Waals surface area (Å²) in [6.45, 7) is 2.79. The molecule has 0 heterocycles. The smallest absolute Gasteiger partial charge is 0.0579 e. The molecule has 0 aliphatic heterocycles. The molecule has 0 radical (unpaired) electrons. The third kappa shape index (κ3) is 3.01. The van der Waals surface area contributed by atoms with Crippen LogP contribution in [0.2, 0.25) is 0 Å². The molecule has 88 valence electrons. The first-order chi connectivity index (χ1) is 8.16. The first kappa shape index (κ1) is 12.0. The lowest BCUT2D eigenvalue weighted by Gasteiger charge is -2.11. The molecule has 2 rings (SSSR count). The van der Waals surface area contributed by atoms with Crippen LogP contribution in [0.3, 0.4) is 0 Å². The molecule has 0 fully saturated rings. The number of aryl methyl sites for hydroxylation is 1. The second-order valence-electron chi connectivity index (χ2n) is 4.02. The number of hydrogen-bond acceptors (Lipinski definition) is 2. The van der Waals surface area contributed by atoms with Crippen LogP contribution >= 0.6 is 15.9 Å². The van der Waals surface area contributed by atoms with Gasteiger partial charge in [-0.2, -0.15) is 0 Å². The molecular formula is C14H15BrN2. The van der Waals surface area contributed by atoms with Crippen LogP contribution in [0.1, 0.15) is 11.1 Å². The molecule has 2 aromatic carbocycles. The molecule has 0 aliphatic carbocycles. The van der Waals surface area contributed by atoms with Crippen molar-refractivity contribution in [3.05, 3.63) is 58.1 Å². The molecular weight excluding hydrogens is 276 g/mol. The summed E-state index contributed by atoms with van der Waals surface area (Å²) < 4.78 is 1.09. The number of rotatable bonds is 3. The molecule has 0 aliphatic rings. The van der Waals surface area contributed by atoms with E-state index in [4.69, 9.17) is 5.73 Å². The fourth-order valence-electron chi connectivity index (χ4n) is 1.63. The summed E-state index contributed by atoms with van der Waals surface area (Å²) >= 11 is 3.42. The standard InChI is InChI=1S/C14H15BrN2/c1-10-3-2-4-13(14(10)16)17-9-11-5-7-12(15)8-6-11/h2-8,17H,9,16H2,1H3. The highest BCUT2D eigenvalue weighted by Crippen LogP contribution is 2.22. The maximum atomic E-state index is 6.00. The molecule has 0 unspecified atom stereocenters. The average Bonchev–Trinajstić information content (AvgIpc) is 2.33. The normalized spacial score (nSPS) is 10.2. The van der Waals surface area contributed by atoms with Gasteiger partial charge in [0, 0.05) is 11.0 Å². The molecule has 0 bridgehead atoms. The van der Waals surface area contributed by atoms with Crippen molar-refractivity contribution in [3.63, 3.8) is 0 Å². The Morgan fingerprint density at radius 1 is 1.12 bits per heavy atom. The minimum Gasteiger partial charge on any atom is -0.397 e. The van der Waals surface area contributed by atoms with Crippen molar-refractivity contribution in [1.29, 1.82) is 0 Å². The molecule has 0 atom stereocenters. The zero-order valence-electron chi connectivity index (χ0n) is 9.70. The van der Waals surface area contributed by atoms with Gasteiger partial charge in [-0.3, -0.25) is 0 Å². The molecule has 0 spiro atoms. The number of halogens is 1. The molecule has 3 heteroatoms. The summed E-state index contributed by atoms with van der Waals surface area (Å²) in [6, 6.07) is 14.3. The summed E-state index contributed by atoms with van der Waals surface area (Å²) in [5.74, 6) is 0. The Hall–Kier alpha value is -1.48. The maximum absolute atomic E-state index is 6.00. The number of anilines is 2. The predicted octanol–water partition coefficient (Wildman–Crippen LogP) is 3.95. The Balaban J connectivity index is 2.07. The first-order valence-corrected chi connectivity index (χ1v) is 6.29. The Morgan fingerprint density at radius 2 is 1.82 bits per heavy atom. The summed E-state index contributed by atoms with van der Waals surface area (Å²) in [5, 5.41) is 3.35. The molecule has 2 aromatic rings. The van der Waals surface area contributed by atoms with Crippen molar-refractivity contribution in [2.24, 2.45) is 0 Å². The minimum absolute atomic E-state index is 0.779. The third-order valence-corrected chi connectivity index (χ3v) is 3.25. The Morgan fingerprint density at radius 3 is 2.53 bits per heavy atom. The fraction of sp³-hybridized carbons (Fsp3) is 0.143. The molecule has 0 amide bonds. The highest BCUT2D eigenvalue weighted by molar-refractivity contribution is 9.10. The van der Waals surface area contributed by atoms with E-state index in [-0.39, 0.29) is 0 Å². The summed E-state index contributed by atoms with van der Waals surface area (Å²) in [7, 11) is 0. The molecule has 0 saturated carbocycles. The highest BCUT2D eigenvalue weighted by Gasteiger charge is 2.00. The first-order valence-electron chi connectivity index (χ1n) is 5.50. The van der Waals surface area contributed by atoms with Crippen LogP contribution in [0, 0.1) is 6.92 Å². The number of benzene rings is 2. The van der Waals surface area contributed by atoms with Crippen molar-refractivity contribution in [1.82, 2.24) is 0 Å². The van der Waals surface area contributed by atoms with Crippen molar-refractivity contribution >= 4 is 27.3 Å². The second kappa shape index (κ2) is 5.23. The van der Waals surface area contributed by atoms with E-state index < -0.39 is 0 Å². The van der Waals surface area contributed by atoms with Gasteiger partial charge in [0.25, 0.3) is 0 Å². The van der Waals surface area contributed by atoms with Crippen molar-refractivity contribution in [2.75, 3.05) is 11.1 Å². The lowest BCUT2D eigenvalue weighted by atomic mass is 10.1. The summed E-state index contributed by atoms with van der Waals surface area (Å²) in [5.41, 5.74) is 10.2. The molecule has 17 heavy (non-hydrogen) atoms. The van der Waals surface area contributed by atoms with E-state index in [1.54, 1.807) is 0 Å². The molecule has 0 saturated heterocycles. The molecule has 0 aromatic heterocycles. The van der Waals surface area contributed by atoms with E-state index in [0.717, 1.165) is 28.0 Å². The largest absolute Gasteiger partial charge is 0.397 e. The second-order valence-corrected chi connectivity index (χ2v) is 4.93. The monoisotopic (exact) mass is 290 g/mol. The van der Waals surface area contributed by atoms with Crippen LogP contribution in [-0.4, -0.2) is 0 Å². The van der Waals surface area contributed by atoms with E-state index in [9.17, 15) is 0 Å². The van der Waals surface area contributed by atoms with Gasteiger partial charge < -0.3 is 11.1 Å². The number of nitrogens with one attached hydrogen (secondary N) is 1. The molecule has 3 N–H and O–H groups in total. The van der Waals surface area contributed by atoms with E-state index in [2.05, 4.69) is 33.4 Å². The number of hydrogen-bond donors (Lipinski definition) is 2. The summed E-state index contributed by atoms with van der Waals surface area (Å²) in [6.07, 6.45) is 0. The number of para-hydroxylation sites is 1. The van der Waals surface area contributed by atoms with Gasteiger partial charge in [-0.15, -0.1) is 0 Å². The van der Waals surface area contributed by atoms with Gasteiger partial charge in [-0.05, 0) is 36.2 Å². The summed E-state index contributed by atoms with van der Waals surface area (Å²) in [4.78, 5) is 0. The van der Waals surface area contributed by atoms with Gasteiger partial charge in [0.15, 0.2) is 0 Å². The van der Waals surface area contributed by atoms with Gasteiger partial charge >= 0.3 is 0 Å². The zero-order valence-corrected chi connectivity index (χ0v) is 11.3. The molecule has 2 nitrogen and oxygen atoms in total. The van der Waals surface area contributed by atoms with E-state index in [1.807, 2.05) is 37.3 Å². The zero-order chi connectivity index (χ0) is 12.3. The van der Waals surface area contributed by atoms with Crippen molar-refractivity contribution < 1.29 is 0 Å². The van der Waals surface area contributed by atoms with Gasteiger partial charge in [0.1, 0.15) is 0 Å². The number of nitrogen functional groups attached to an aromatic ring is 1. The van der Waals surface area contributed by atoms with E-state index in [1.165, 1.54) is 5.56 Å².